The van der Waals surface area contributed by atoms with Crippen LogP contribution in [-0.4, -0.2) is 12.1 Å². The second kappa shape index (κ2) is 7.63. The molecule has 1 aromatic carbocycles. The molecule has 0 unspecified atom stereocenters. The average Bonchev–Trinajstić information content (AvgIpc) is 2.49. The lowest BCUT2D eigenvalue weighted by Gasteiger charge is -2.19. The quantitative estimate of drug-likeness (QED) is 0.656. The summed E-state index contributed by atoms with van der Waals surface area (Å²) in [4.78, 5) is 11.9. The Morgan fingerprint density at radius 2 is 1.90 bits per heavy atom. The summed E-state index contributed by atoms with van der Waals surface area (Å²) in [6, 6.07) is 10.1. The molecule has 1 aromatic rings. The highest BCUT2D eigenvalue weighted by Crippen LogP contribution is 2.23. The molecule has 20 heavy (non-hydrogen) atoms. The van der Waals surface area contributed by atoms with Crippen LogP contribution in [-0.2, 0) is 4.79 Å². The summed E-state index contributed by atoms with van der Waals surface area (Å²) in [5.41, 5.74) is 4.81. The number of allylic oxidation sites excluding steroid dienone is 1. The second-order valence-electron chi connectivity index (χ2n) is 5.37. The molecule has 1 fully saturated rings. The van der Waals surface area contributed by atoms with Crippen molar-refractivity contribution in [3.05, 3.63) is 41.5 Å². The van der Waals surface area contributed by atoms with E-state index in [-0.39, 0.29) is 11.8 Å². The molecule has 106 valence electrons. The van der Waals surface area contributed by atoms with Crippen molar-refractivity contribution in [2.24, 2.45) is 11.0 Å². The fourth-order valence-electron chi connectivity index (χ4n) is 2.50. The van der Waals surface area contributed by atoms with Crippen molar-refractivity contribution < 1.29 is 4.79 Å². The van der Waals surface area contributed by atoms with Crippen molar-refractivity contribution in [1.29, 1.82) is 0 Å². The summed E-state index contributed by atoms with van der Waals surface area (Å²) < 4.78 is 0. The van der Waals surface area contributed by atoms with E-state index < -0.39 is 0 Å². The van der Waals surface area contributed by atoms with Gasteiger partial charge in [0.25, 0.3) is 0 Å². The van der Waals surface area contributed by atoms with E-state index in [4.69, 9.17) is 0 Å². The molecule has 1 aliphatic carbocycles. The molecule has 1 saturated carbocycles. The van der Waals surface area contributed by atoms with E-state index in [1.54, 1.807) is 6.21 Å². The van der Waals surface area contributed by atoms with Crippen LogP contribution < -0.4 is 5.43 Å². The van der Waals surface area contributed by atoms with Crippen LogP contribution in [0.2, 0.25) is 0 Å². The van der Waals surface area contributed by atoms with Crippen LogP contribution in [0, 0.1) is 5.92 Å². The van der Waals surface area contributed by atoms with E-state index in [0.717, 1.165) is 36.8 Å². The van der Waals surface area contributed by atoms with Gasteiger partial charge >= 0.3 is 0 Å². The van der Waals surface area contributed by atoms with Gasteiger partial charge in [0, 0.05) is 5.92 Å². The molecule has 0 saturated heterocycles. The maximum absolute atomic E-state index is 11.9. The third kappa shape index (κ3) is 4.65. The molecular formula is C17H22N2O. The van der Waals surface area contributed by atoms with Crippen molar-refractivity contribution in [3.8, 4) is 0 Å². The van der Waals surface area contributed by atoms with E-state index >= 15 is 0 Å². The third-order valence-corrected chi connectivity index (χ3v) is 3.61. The smallest absolute Gasteiger partial charge is 0.243 e. The van der Waals surface area contributed by atoms with Gasteiger partial charge < -0.3 is 0 Å². The summed E-state index contributed by atoms with van der Waals surface area (Å²) in [5, 5.41) is 4.05. The first-order chi connectivity index (χ1) is 9.75. The Morgan fingerprint density at radius 1 is 1.20 bits per heavy atom. The zero-order chi connectivity index (χ0) is 14.2. The molecule has 2 rings (SSSR count). The summed E-state index contributed by atoms with van der Waals surface area (Å²) in [5.74, 6) is 0.216. The minimum absolute atomic E-state index is 0.0634. The monoisotopic (exact) mass is 270 g/mol. The van der Waals surface area contributed by atoms with Gasteiger partial charge in [-0.2, -0.15) is 5.10 Å². The Balaban J connectivity index is 1.83. The van der Waals surface area contributed by atoms with E-state index in [2.05, 4.69) is 10.5 Å². The van der Waals surface area contributed by atoms with Gasteiger partial charge in [-0.15, -0.1) is 0 Å². The first-order valence-electron chi connectivity index (χ1n) is 7.32. The minimum atomic E-state index is 0.0634. The lowest BCUT2D eigenvalue weighted by Crippen LogP contribution is -2.28. The predicted molar refractivity (Wildman–Crippen MR) is 83.3 cm³/mol. The minimum Gasteiger partial charge on any atom is -0.273 e. The Kier molecular flexibility index (Phi) is 5.54. The van der Waals surface area contributed by atoms with Gasteiger partial charge in [-0.3, -0.25) is 4.79 Å². The van der Waals surface area contributed by atoms with Crippen LogP contribution in [0.15, 0.2) is 41.0 Å². The molecule has 3 nitrogen and oxygen atoms in total. The number of hydrogen-bond donors (Lipinski definition) is 1. The number of carbonyl (C=O) groups excluding carboxylic acids is 1. The highest BCUT2D eigenvalue weighted by Gasteiger charge is 2.20. The van der Waals surface area contributed by atoms with Crippen molar-refractivity contribution in [1.82, 2.24) is 5.43 Å². The molecule has 3 heteroatoms. The lowest BCUT2D eigenvalue weighted by molar-refractivity contribution is -0.125. The molecule has 0 heterocycles. The molecule has 0 aromatic heterocycles. The molecule has 0 bridgehead atoms. The van der Waals surface area contributed by atoms with E-state index in [0.29, 0.717) is 0 Å². The van der Waals surface area contributed by atoms with Gasteiger partial charge in [-0.25, -0.2) is 5.43 Å². The Labute approximate surface area is 120 Å². The molecular weight excluding hydrogens is 248 g/mol. The van der Waals surface area contributed by atoms with Crippen molar-refractivity contribution in [3.63, 3.8) is 0 Å². The van der Waals surface area contributed by atoms with Crippen LogP contribution in [0.4, 0.5) is 0 Å². The second-order valence-corrected chi connectivity index (χ2v) is 5.37. The zero-order valence-corrected chi connectivity index (χ0v) is 12.0. The highest BCUT2D eigenvalue weighted by molar-refractivity contribution is 5.86. The van der Waals surface area contributed by atoms with Crippen LogP contribution in [0.1, 0.15) is 44.6 Å². The van der Waals surface area contributed by atoms with Crippen LogP contribution in [0.25, 0.3) is 6.08 Å². The Morgan fingerprint density at radius 3 is 2.60 bits per heavy atom. The van der Waals surface area contributed by atoms with Crippen molar-refractivity contribution >= 4 is 18.2 Å². The maximum atomic E-state index is 11.9. The lowest BCUT2D eigenvalue weighted by atomic mass is 9.89. The molecule has 0 spiro atoms. The van der Waals surface area contributed by atoms with Gasteiger partial charge in [0.2, 0.25) is 5.91 Å². The number of amides is 1. The summed E-state index contributed by atoms with van der Waals surface area (Å²) >= 11 is 0. The normalized spacial score (nSPS) is 17.4. The first-order valence-corrected chi connectivity index (χ1v) is 7.32. The number of hydrogen-bond acceptors (Lipinski definition) is 2. The third-order valence-electron chi connectivity index (χ3n) is 3.61. The highest BCUT2D eigenvalue weighted by atomic mass is 16.2. The molecule has 0 atom stereocenters. The Hall–Kier alpha value is -1.90. The van der Waals surface area contributed by atoms with Crippen LogP contribution in [0.5, 0.6) is 0 Å². The van der Waals surface area contributed by atoms with Gasteiger partial charge in [-0.05, 0) is 30.9 Å². The predicted octanol–water partition coefficient (Wildman–Crippen LogP) is 3.77. The van der Waals surface area contributed by atoms with Crippen LogP contribution in [0.3, 0.4) is 0 Å². The molecule has 0 radical (unpaired) electrons. The van der Waals surface area contributed by atoms with E-state index in [1.165, 1.54) is 6.42 Å². The summed E-state index contributed by atoms with van der Waals surface area (Å²) in [6.45, 7) is 1.98. The fraction of sp³-hybridized carbons (Fsp3) is 0.412. The topological polar surface area (TPSA) is 41.5 Å². The molecule has 0 aliphatic heterocycles. The number of nitrogens with zero attached hydrogens (tertiary/aromatic N) is 1. The van der Waals surface area contributed by atoms with Crippen molar-refractivity contribution in [2.75, 3.05) is 0 Å². The van der Waals surface area contributed by atoms with Gasteiger partial charge in [-0.1, -0.05) is 55.7 Å². The first kappa shape index (κ1) is 14.5. The van der Waals surface area contributed by atoms with E-state index in [1.807, 2.05) is 43.3 Å². The summed E-state index contributed by atoms with van der Waals surface area (Å²) in [7, 11) is 0. The molecule has 1 N–H and O–H groups in total. The largest absolute Gasteiger partial charge is 0.273 e. The van der Waals surface area contributed by atoms with Gasteiger partial charge in [0.05, 0.1) is 6.21 Å². The Bertz CT molecular complexity index is 485. The maximum Gasteiger partial charge on any atom is 0.243 e. The van der Waals surface area contributed by atoms with E-state index in [9.17, 15) is 4.79 Å². The van der Waals surface area contributed by atoms with Crippen LogP contribution >= 0.6 is 0 Å². The number of benzene rings is 1. The molecule has 1 aliphatic rings. The number of rotatable bonds is 4. The van der Waals surface area contributed by atoms with Gasteiger partial charge in [0.15, 0.2) is 0 Å². The van der Waals surface area contributed by atoms with Crippen molar-refractivity contribution in [2.45, 2.75) is 39.0 Å². The zero-order valence-electron chi connectivity index (χ0n) is 12.0. The number of nitrogens with one attached hydrogen (secondary N) is 1. The molecule has 1 amide bonds. The average molecular weight is 270 g/mol. The SMILES string of the molecule is CC(=C/c1ccccc1)/C=N/NC(=O)C1CCCCC1. The summed E-state index contributed by atoms with van der Waals surface area (Å²) in [6.07, 6.45) is 9.32. The number of carbonyl (C=O) groups is 1. The fourth-order valence-corrected chi connectivity index (χ4v) is 2.50. The van der Waals surface area contributed by atoms with Gasteiger partial charge in [0.1, 0.15) is 0 Å². The number of hydrazone groups is 1. The standard InChI is InChI=1S/C17H22N2O/c1-14(12-15-8-4-2-5-9-15)13-18-19-17(20)16-10-6-3-7-11-16/h2,4-5,8-9,12-13,16H,3,6-7,10-11H2,1H3,(H,19,20)/b14-12-,18-13+.